The highest BCUT2D eigenvalue weighted by atomic mass is 16.1. The van der Waals surface area contributed by atoms with Gasteiger partial charge in [-0.3, -0.25) is 8.97 Å². The van der Waals surface area contributed by atoms with Gasteiger partial charge in [0.15, 0.2) is 11.6 Å². The number of rotatable bonds is 4. The van der Waals surface area contributed by atoms with Crippen LogP contribution in [0.2, 0.25) is 0 Å². The van der Waals surface area contributed by atoms with E-state index in [-0.39, 0.29) is 11.7 Å². The van der Waals surface area contributed by atoms with Crippen LogP contribution in [0.4, 0.5) is 17.3 Å². The third-order valence-electron chi connectivity index (χ3n) is 4.91. The lowest BCUT2D eigenvalue weighted by Crippen LogP contribution is -2.29. The summed E-state index contributed by atoms with van der Waals surface area (Å²) < 4.78 is 3.38. The molecule has 1 atom stereocenters. The molecule has 8 heteroatoms. The molecule has 5 rings (SSSR count). The maximum Gasteiger partial charge on any atom is 0.337 e. The number of aromatic nitrogens is 4. The molecule has 4 aromatic rings. The quantitative estimate of drug-likeness (QED) is 0.510. The molecule has 0 fully saturated rings. The van der Waals surface area contributed by atoms with Gasteiger partial charge < -0.3 is 16.0 Å². The van der Waals surface area contributed by atoms with Gasteiger partial charge in [-0.05, 0) is 37.3 Å². The topological polar surface area (TPSA) is 88.3 Å². The Hall–Kier alpha value is -3.81. The fourth-order valence-corrected chi connectivity index (χ4v) is 3.57. The van der Waals surface area contributed by atoms with Gasteiger partial charge in [0.1, 0.15) is 12.0 Å². The predicted molar refractivity (Wildman–Crippen MR) is 109 cm³/mol. The average molecular weight is 373 g/mol. The van der Waals surface area contributed by atoms with E-state index in [9.17, 15) is 4.79 Å². The van der Waals surface area contributed by atoms with E-state index in [1.165, 1.54) is 6.33 Å². The van der Waals surface area contributed by atoms with Gasteiger partial charge in [0.2, 0.25) is 0 Å². The van der Waals surface area contributed by atoms with Crippen LogP contribution in [0, 0.1) is 0 Å². The molecule has 0 saturated heterocycles. The van der Waals surface area contributed by atoms with Crippen LogP contribution in [0.3, 0.4) is 0 Å². The number of hydrogen-bond donors (Lipinski definition) is 3. The molecule has 1 aliphatic rings. The Labute approximate surface area is 160 Å². The zero-order chi connectivity index (χ0) is 19.1. The minimum absolute atomic E-state index is 0.106. The van der Waals surface area contributed by atoms with Crippen molar-refractivity contribution in [1.82, 2.24) is 18.9 Å². The van der Waals surface area contributed by atoms with Gasteiger partial charge >= 0.3 is 5.69 Å². The van der Waals surface area contributed by atoms with Gasteiger partial charge in [0.05, 0.1) is 29.6 Å². The molecule has 3 N–H and O–H groups in total. The van der Waals surface area contributed by atoms with E-state index in [0.717, 1.165) is 28.4 Å². The number of anilines is 3. The summed E-state index contributed by atoms with van der Waals surface area (Å²) in [5.41, 5.74) is 3.26. The Bertz CT molecular complexity index is 1210. The normalized spacial score (nSPS) is 13.6. The summed E-state index contributed by atoms with van der Waals surface area (Å²) in [6.07, 6.45) is 3.31. The van der Waals surface area contributed by atoms with Gasteiger partial charge in [-0.25, -0.2) is 14.8 Å². The van der Waals surface area contributed by atoms with Crippen LogP contribution in [0.5, 0.6) is 0 Å². The lowest BCUT2D eigenvalue weighted by molar-refractivity contribution is 0.740. The largest absolute Gasteiger partial charge is 0.362 e. The van der Waals surface area contributed by atoms with E-state index in [1.807, 2.05) is 55.5 Å². The van der Waals surface area contributed by atoms with E-state index >= 15 is 0 Å². The van der Waals surface area contributed by atoms with Crippen LogP contribution in [-0.2, 0) is 0 Å². The molecule has 0 aliphatic carbocycles. The van der Waals surface area contributed by atoms with Crippen LogP contribution >= 0.6 is 0 Å². The third-order valence-corrected chi connectivity index (χ3v) is 4.91. The molecule has 0 spiro atoms. The van der Waals surface area contributed by atoms with Crippen LogP contribution in [0.15, 0.2) is 65.8 Å². The second-order valence-corrected chi connectivity index (χ2v) is 6.67. The Morgan fingerprint density at radius 1 is 1.11 bits per heavy atom. The fraction of sp³-hybridized carbons (Fsp3) is 0.150. The summed E-state index contributed by atoms with van der Waals surface area (Å²) in [6, 6.07) is 15.3. The first-order valence-electron chi connectivity index (χ1n) is 9.10. The molecule has 1 aliphatic heterocycles. The van der Waals surface area contributed by atoms with Crippen LogP contribution in [-0.4, -0.2) is 25.6 Å². The van der Waals surface area contributed by atoms with E-state index in [0.29, 0.717) is 12.5 Å². The molecule has 3 aromatic heterocycles. The fourth-order valence-electron chi connectivity index (χ4n) is 3.57. The number of benzene rings is 1. The monoisotopic (exact) mass is 373 g/mol. The molecule has 8 nitrogen and oxygen atoms in total. The van der Waals surface area contributed by atoms with Crippen molar-refractivity contribution < 1.29 is 0 Å². The Kier molecular flexibility index (Phi) is 3.75. The van der Waals surface area contributed by atoms with Gasteiger partial charge in [0, 0.05) is 6.20 Å². The van der Waals surface area contributed by atoms with Gasteiger partial charge in [-0.15, -0.1) is 0 Å². The van der Waals surface area contributed by atoms with Crippen molar-refractivity contribution in [3.05, 3.63) is 77.2 Å². The first kappa shape index (κ1) is 16.4. The van der Waals surface area contributed by atoms with Crippen molar-refractivity contribution in [2.75, 3.05) is 22.6 Å². The van der Waals surface area contributed by atoms with E-state index < -0.39 is 0 Å². The summed E-state index contributed by atoms with van der Waals surface area (Å²) >= 11 is 0. The summed E-state index contributed by atoms with van der Waals surface area (Å²) in [6.45, 7) is 2.63. The molecule has 1 unspecified atom stereocenters. The molecule has 4 heterocycles. The maximum absolute atomic E-state index is 13.2. The average Bonchev–Trinajstić information content (AvgIpc) is 3.38. The first-order chi connectivity index (χ1) is 13.7. The van der Waals surface area contributed by atoms with Gasteiger partial charge in [0.25, 0.3) is 0 Å². The summed E-state index contributed by atoms with van der Waals surface area (Å²) in [4.78, 5) is 21.8. The first-order valence-corrected chi connectivity index (χ1v) is 9.10. The molecular weight excluding hydrogens is 354 g/mol. The smallest absolute Gasteiger partial charge is 0.337 e. The molecule has 140 valence electrons. The van der Waals surface area contributed by atoms with Crippen molar-refractivity contribution in [3.63, 3.8) is 0 Å². The van der Waals surface area contributed by atoms with Crippen molar-refractivity contribution in [1.29, 1.82) is 0 Å². The maximum atomic E-state index is 13.2. The number of para-hydroxylation sites is 1. The van der Waals surface area contributed by atoms with Crippen LogP contribution in [0.1, 0.15) is 18.7 Å². The molecule has 1 aromatic carbocycles. The van der Waals surface area contributed by atoms with Crippen molar-refractivity contribution in [2.45, 2.75) is 13.0 Å². The zero-order valence-electron chi connectivity index (χ0n) is 15.3. The number of fused-ring (bicyclic) bond motifs is 2. The third kappa shape index (κ3) is 2.58. The highest BCUT2D eigenvalue weighted by Gasteiger charge is 2.20. The molecular formula is C20H19N7O. The van der Waals surface area contributed by atoms with Crippen LogP contribution in [0.25, 0.3) is 11.2 Å². The minimum atomic E-state index is -0.172. The summed E-state index contributed by atoms with van der Waals surface area (Å²) in [5.74, 6) is 1.47. The van der Waals surface area contributed by atoms with Crippen molar-refractivity contribution in [3.8, 4) is 5.69 Å². The molecule has 0 saturated carbocycles. The number of hydrogen-bond acceptors (Lipinski definition) is 6. The predicted octanol–water partition coefficient (Wildman–Crippen LogP) is 2.85. The minimum Gasteiger partial charge on any atom is -0.362 e. The van der Waals surface area contributed by atoms with Crippen molar-refractivity contribution in [2.24, 2.45) is 0 Å². The Balaban J connectivity index is 1.64. The second kappa shape index (κ2) is 6.41. The highest BCUT2D eigenvalue weighted by molar-refractivity contribution is 5.80. The molecule has 28 heavy (non-hydrogen) atoms. The lowest BCUT2D eigenvalue weighted by atomic mass is 10.2. The second-order valence-electron chi connectivity index (χ2n) is 6.67. The lowest BCUT2D eigenvalue weighted by Gasteiger charge is -2.21. The zero-order valence-corrected chi connectivity index (χ0v) is 15.3. The summed E-state index contributed by atoms with van der Waals surface area (Å²) in [5, 5.41) is 9.83. The molecule has 0 radical (unpaired) electrons. The number of nitrogens with one attached hydrogen (secondary N) is 3. The van der Waals surface area contributed by atoms with Gasteiger partial charge in [-0.2, -0.15) is 0 Å². The number of nitrogens with zero attached hydrogens (tertiary/aromatic N) is 4. The van der Waals surface area contributed by atoms with Crippen LogP contribution < -0.4 is 21.6 Å². The Morgan fingerprint density at radius 3 is 2.82 bits per heavy atom. The Morgan fingerprint density at radius 2 is 1.96 bits per heavy atom. The standard InChI is InChI=1S/C20H19N7O/c1-13(25-19-17-18(22-11-21-17)23-12-24-19)16-10-15-8-5-9-26(15)20(28)27(16)14-6-3-2-4-7-14/h2-10,12-13,21H,11H2,1H3,(H2,22,23,24,25). The van der Waals surface area contributed by atoms with Gasteiger partial charge in [-0.1, -0.05) is 18.2 Å². The van der Waals surface area contributed by atoms with E-state index in [2.05, 4.69) is 25.9 Å². The SMILES string of the molecule is CC(Nc1ncnc2c1NCN2)c1cc2cccn2c(=O)n1-c1ccccc1. The summed E-state index contributed by atoms with van der Waals surface area (Å²) in [7, 11) is 0. The molecule has 0 bridgehead atoms. The van der Waals surface area contributed by atoms with Crippen molar-refractivity contribution >= 4 is 22.8 Å². The molecule has 0 amide bonds. The van der Waals surface area contributed by atoms with E-state index in [1.54, 1.807) is 15.2 Å². The highest BCUT2D eigenvalue weighted by Crippen LogP contribution is 2.32. The van der Waals surface area contributed by atoms with E-state index in [4.69, 9.17) is 0 Å².